The molecule has 2 aromatic rings. The van der Waals surface area contributed by atoms with Crippen LogP contribution in [0.3, 0.4) is 0 Å². The summed E-state index contributed by atoms with van der Waals surface area (Å²) in [6.45, 7) is 0.228. The molecule has 0 bridgehead atoms. The summed E-state index contributed by atoms with van der Waals surface area (Å²) in [6.07, 6.45) is 0.171. The van der Waals surface area contributed by atoms with E-state index in [4.69, 9.17) is 26.0 Å². The number of hydrogen-bond donors (Lipinski definition) is 4. The molecule has 1 amide bonds. The molecule has 0 aliphatic carbocycles. The van der Waals surface area contributed by atoms with Crippen LogP contribution in [-0.4, -0.2) is 43.2 Å². The first-order valence-electron chi connectivity index (χ1n) is 8.73. The van der Waals surface area contributed by atoms with Crippen LogP contribution in [0.2, 0.25) is 0 Å². The first-order chi connectivity index (χ1) is 13.8. The number of nitrogens with two attached hydrogens (primary N) is 2. The molecule has 0 unspecified atom stereocenters. The Morgan fingerprint density at radius 3 is 2.17 bits per heavy atom. The van der Waals surface area contributed by atoms with Gasteiger partial charge in [0.2, 0.25) is 0 Å². The minimum atomic E-state index is -1.08. The monoisotopic (exact) mass is 400 g/mol. The fourth-order valence-electron chi connectivity index (χ4n) is 2.50. The van der Waals surface area contributed by atoms with Gasteiger partial charge in [-0.05, 0) is 41.8 Å². The van der Waals surface area contributed by atoms with E-state index < -0.39 is 17.9 Å². The lowest BCUT2D eigenvalue weighted by Crippen LogP contribution is -2.36. The summed E-state index contributed by atoms with van der Waals surface area (Å²) in [5.41, 5.74) is 13.2. The third kappa shape index (κ3) is 6.51. The molecule has 0 aliphatic heterocycles. The summed E-state index contributed by atoms with van der Waals surface area (Å²) in [5.74, 6) is -0.290. The number of benzene rings is 2. The zero-order chi connectivity index (χ0) is 21.4. The number of nitrogens with one attached hydrogen (secondary N) is 1. The van der Waals surface area contributed by atoms with Gasteiger partial charge in [-0.2, -0.15) is 0 Å². The Morgan fingerprint density at radius 2 is 1.66 bits per heavy atom. The van der Waals surface area contributed by atoms with E-state index in [2.05, 4.69) is 10.3 Å². The van der Waals surface area contributed by atoms with Crippen molar-refractivity contribution in [2.45, 2.75) is 19.0 Å². The van der Waals surface area contributed by atoms with E-state index in [1.807, 2.05) is 0 Å². The van der Waals surface area contributed by atoms with E-state index in [1.165, 1.54) is 0 Å². The fourth-order valence-corrected chi connectivity index (χ4v) is 2.50. The van der Waals surface area contributed by atoms with Gasteiger partial charge in [0, 0.05) is 11.6 Å². The van der Waals surface area contributed by atoms with E-state index in [0.717, 1.165) is 5.56 Å². The lowest BCUT2D eigenvalue weighted by Gasteiger charge is -2.09. The molecule has 29 heavy (non-hydrogen) atoms. The van der Waals surface area contributed by atoms with Crippen molar-refractivity contribution in [3.05, 3.63) is 59.2 Å². The summed E-state index contributed by atoms with van der Waals surface area (Å²) in [7, 11) is 3.11. The van der Waals surface area contributed by atoms with Crippen molar-refractivity contribution in [1.29, 1.82) is 0 Å². The van der Waals surface area contributed by atoms with Gasteiger partial charge in [0.05, 0.1) is 20.8 Å². The molecule has 0 radical (unpaired) electrons. The SMILES string of the molecule is COc1cc(CN=C(N)NC(=O)c2ccc(C[C@H](N)C(=O)O)cc2)cc(OC)c1. The molecule has 0 fully saturated rings. The van der Waals surface area contributed by atoms with Gasteiger partial charge < -0.3 is 26.0 Å². The molecule has 2 aromatic carbocycles. The van der Waals surface area contributed by atoms with Gasteiger partial charge in [0.25, 0.3) is 5.91 Å². The molecule has 0 saturated carbocycles. The van der Waals surface area contributed by atoms with Gasteiger partial charge >= 0.3 is 5.97 Å². The van der Waals surface area contributed by atoms with Gasteiger partial charge in [0.15, 0.2) is 5.96 Å². The van der Waals surface area contributed by atoms with Crippen LogP contribution < -0.4 is 26.3 Å². The van der Waals surface area contributed by atoms with Crippen LogP contribution in [0, 0.1) is 0 Å². The summed E-state index contributed by atoms with van der Waals surface area (Å²) in [5, 5.41) is 11.4. The molecular formula is C20H24N4O5. The van der Waals surface area contributed by atoms with E-state index in [-0.39, 0.29) is 18.9 Å². The van der Waals surface area contributed by atoms with Crippen molar-refractivity contribution in [3.63, 3.8) is 0 Å². The molecule has 2 rings (SSSR count). The van der Waals surface area contributed by atoms with Crippen molar-refractivity contribution < 1.29 is 24.2 Å². The molecular weight excluding hydrogens is 376 g/mol. The minimum absolute atomic E-state index is 0.0336. The number of aliphatic imine (C=N–C) groups is 1. The van der Waals surface area contributed by atoms with E-state index in [0.29, 0.717) is 22.6 Å². The highest BCUT2D eigenvalue weighted by Crippen LogP contribution is 2.22. The molecule has 0 spiro atoms. The summed E-state index contributed by atoms with van der Waals surface area (Å²) in [6, 6.07) is 10.8. The Morgan fingerprint density at radius 1 is 1.07 bits per heavy atom. The standard InChI is InChI=1S/C20H24N4O5/c1-28-15-7-13(8-16(10-15)29-2)11-23-20(22)24-18(25)14-5-3-12(4-6-14)9-17(21)19(26)27/h3-8,10,17H,9,11,21H2,1-2H3,(H,26,27)(H3,22,23,24,25)/t17-/m0/s1. The van der Waals surface area contributed by atoms with E-state index in [9.17, 15) is 9.59 Å². The molecule has 9 nitrogen and oxygen atoms in total. The number of carboxylic acid groups (broad SMARTS) is 1. The predicted octanol–water partition coefficient (Wildman–Crippen LogP) is 0.903. The highest BCUT2D eigenvalue weighted by atomic mass is 16.5. The number of hydrogen-bond acceptors (Lipinski definition) is 6. The number of ether oxygens (including phenoxy) is 2. The second-order valence-corrected chi connectivity index (χ2v) is 6.22. The highest BCUT2D eigenvalue weighted by Gasteiger charge is 2.13. The van der Waals surface area contributed by atoms with Crippen LogP contribution in [0.1, 0.15) is 21.5 Å². The van der Waals surface area contributed by atoms with E-state index >= 15 is 0 Å². The quantitative estimate of drug-likeness (QED) is 0.380. The first-order valence-corrected chi connectivity index (χ1v) is 8.73. The molecule has 0 heterocycles. The number of methoxy groups -OCH3 is 2. The maximum atomic E-state index is 12.3. The summed E-state index contributed by atoms with van der Waals surface area (Å²) >= 11 is 0. The Labute approximate surface area is 168 Å². The molecule has 154 valence electrons. The molecule has 9 heteroatoms. The maximum absolute atomic E-state index is 12.3. The second-order valence-electron chi connectivity index (χ2n) is 6.22. The zero-order valence-electron chi connectivity index (χ0n) is 16.2. The Balaban J connectivity index is 1.98. The van der Waals surface area contributed by atoms with Crippen LogP contribution >= 0.6 is 0 Å². The van der Waals surface area contributed by atoms with Crippen molar-refractivity contribution in [2.24, 2.45) is 16.5 Å². The Bertz CT molecular complexity index is 874. The highest BCUT2D eigenvalue weighted by molar-refractivity contribution is 6.05. The van der Waals surface area contributed by atoms with Gasteiger partial charge in [-0.15, -0.1) is 0 Å². The topological polar surface area (TPSA) is 149 Å². The lowest BCUT2D eigenvalue weighted by molar-refractivity contribution is -0.138. The molecule has 1 atom stereocenters. The van der Waals surface area contributed by atoms with Crippen LogP contribution in [0.25, 0.3) is 0 Å². The average molecular weight is 400 g/mol. The van der Waals surface area contributed by atoms with Crippen molar-refractivity contribution >= 4 is 17.8 Å². The summed E-state index contributed by atoms with van der Waals surface area (Å²) in [4.78, 5) is 27.2. The smallest absolute Gasteiger partial charge is 0.320 e. The number of aliphatic carboxylic acids is 1. The van der Waals surface area contributed by atoms with Gasteiger partial charge in [-0.1, -0.05) is 12.1 Å². The Hall–Kier alpha value is -3.59. The lowest BCUT2D eigenvalue weighted by atomic mass is 10.0. The molecule has 6 N–H and O–H groups in total. The van der Waals surface area contributed by atoms with Crippen LogP contribution in [0.5, 0.6) is 11.5 Å². The number of nitrogens with zero attached hydrogens (tertiary/aromatic N) is 1. The van der Waals surface area contributed by atoms with E-state index in [1.54, 1.807) is 56.7 Å². The molecule has 0 aromatic heterocycles. The van der Waals surface area contributed by atoms with Crippen molar-refractivity contribution in [2.75, 3.05) is 14.2 Å². The molecule has 0 saturated heterocycles. The number of carboxylic acids is 1. The van der Waals surface area contributed by atoms with Gasteiger partial charge in [-0.3, -0.25) is 14.9 Å². The van der Waals surface area contributed by atoms with Crippen LogP contribution in [-0.2, 0) is 17.8 Å². The first kappa shape index (κ1) is 21.7. The largest absolute Gasteiger partial charge is 0.497 e. The van der Waals surface area contributed by atoms with Crippen LogP contribution in [0.15, 0.2) is 47.5 Å². The second kappa shape index (κ2) is 10.1. The number of amides is 1. The number of guanidine groups is 1. The maximum Gasteiger partial charge on any atom is 0.320 e. The Kier molecular flexibility index (Phi) is 7.55. The number of carbonyl (C=O) groups excluding carboxylic acids is 1. The third-order valence-corrected chi connectivity index (χ3v) is 4.07. The normalized spacial score (nSPS) is 12.2. The number of carbonyl (C=O) groups is 2. The third-order valence-electron chi connectivity index (χ3n) is 4.07. The predicted molar refractivity (Wildman–Crippen MR) is 108 cm³/mol. The molecule has 0 aliphatic rings. The summed E-state index contributed by atoms with van der Waals surface area (Å²) < 4.78 is 10.4. The van der Waals surface area contributed by atoms with Gasteiger partial charge in [-0.25, -0.2) is 4.99 Å². The fraction of sp³-hybridized carbons (Fsp3) is 0.250. The zero-order valence-corrected chi connectivity index (χ0v) is 16.2. The van der Waals surface area contributed by atoms with Crippen molar-refractivity contribution in [1.82, 2.24) is 5.32 Å². The van der Waals surface area contributed by atoms with Gasteiger partial charge in [0.1, 0.15) is 17.5 Å². The average Bonchev–Trinajstić information content (AvgIpc) is 2.72. The van der Waals surface area contributed by atoms with Crippen LogP contribution in [0.4, 0.5) is 0 Å². The van der Waals surface area contributed by atoms with Crippen molar-refractivity contribution in [3.8, 4) is 11.5 Å². The number of rotatable bonds is 8. The minimum Gasteiger partial charge on any atom is -0.497 e.